The minimum Gasteiger partial charge on any atom is -0.373 e. The van der Waals surface area contributed by atoms with Crippen molar-refractivity contribution in [2.45, 2.75) is 20.4 Å². The predicted molar refractivity (Wildman–Crippen MR) is 73.7 cm³/mol. The zero-order valence-electron chi connectivity index (χ0n) is 11.6. The van der Waals surface area contributed by atoms with Gasteiger partial charge in [0.2, 0.25) is 0 Å². The Bertz CT molecular complexity index is 385. The SMILES string of the molecule is CCN1CCN(Cc2nc(C)cc(NC)n2)CC1. The smallest absolute Gasteiger partial charge is 0.144 e. The first kappa shape index (κ1) is 13.2. The largest absolute Gasteiger partial charge is 0.373 e. The topological polar surface area (TPSA) is 44.3 Å². The number of nitrogens with one attached hydrogen (secondary N) is 1. The molecule has 0 bridgehead atoms. The van der Waals surface area contributed by atoms with Gasteiger partial charge in [-0.05, 0) is 13.5 Å². The second-order valence-electron chi connectivity index (χ2n) is 4.77. The maximum Gasteiger partial charge on any atom is 0.144 e. The lowest BCUT2D eigenvalue weighted by Gasteiger charge is -2.33. The van der Waals surface area contributed by atoms with Crippen LogP contribution in [0.15, 0.2) is 6.07 Å². The Hall–Kier alpha value is -1.20. The first-order valence-electron chi connectivity index (χ1n) is 6.68. The summed E-state index contributed by atoms with van der Waals surface area (Å²) in [6.07, 6.45) is 0. The lowest BCUT2D eigenvalue weighted by atomic mass is 10.3. The molecule has 100 valence electrons. The van der Waals surface area contributed by atoms with Crippen molar-refractivity contribution in [3.63, 3.8) is 0 Å². The summed E-state index contributed by atoms with van der Waals surface area (Å²) in [6, 6.07) is 1.97. The third-order valence-corrected chi connectivity index (χ3v) is 3.43. The lowest BCUT2D eigenvalue weighted by Crippen LogP contribution is -2.45. The fraction of sp³-hybridized carbons (Fsp3) is 0.692. The van der Waals surface area contributed by atoms with Gasteiger partial charge in [-0.25, -0.2) is 9.97 Å². The van der Waals surface area contributed by atoms with Crippen molar-refractivity contribution < 1.29 is 0 Å². The molecule has 18 heavy (non-hydrogen) atoms. The summed E-state index contributed by atoms with van der Waals surface area (Å²) in [7, 11) is 1.89. The van der Waals surface area contributed by atoms with E-state index >= 15 is 0 Å². The Balaban J connectivity index is 1.95. The zero-order chi connectivity index (χ0) is 13.0. The molecular weight excluding hydrogens is 226 g/mol. The molecule has 0 unspecified atom stereocenters. The Kier molecular flexibility index (Phi) is 4.49. The highest BCUT2D eigenvalue weighted by atomic mass is 15.3. The first-order chi connectivity index (χ1) is 8.71. The molecule has 0 amide bonds. The van der Waals surface area contributed by atoms with Crippen LogP contribution in [-0.4, -0.2) is 59.5 Å². The fourth-order valence-corrected chi connectivity index (χ4v) is 2.29. The Morgan fingerprint density at radius 1 is 1.17 bits per heavy atom. The number of nitrogens with zero attached hydrogens (tertiary/aromatic N) is 4. The van der Waals surface area contributed by atoms with E-state index in [-0.39, 0.29) is 0 Å². The molecule has 0 aliphatic carbocycles. The van der Waals surface area contributed by atoms with Crippen molar-refractivity contribution in [1.29, 1.82) is 0 Å². The van der Waals surface area contributed by atoms with Crippen LogP contribution in [0.1, 0.15) is 18.4 Å². The zero-order valence-corrected chi connectivity index (χ0v) is 11.6. The predicted octanol–water partition coefficient (Wildman–Crippen LogP) is 0.964. The minimum atomic E-state index is 0.855. The molecule has 5 nitrogen and oxygen atoms in total. The van der Waals surface area contributed by atoms with Crippen molar-refractivity contribution in [1.82, 2.24) is 19.8 Å². The van der Waals surface area contributed by atoms with Crippen LogP contribution in [0.3, 0.4) is 0 Å². The standard InChI is InChI=1S/C13H23N5/c1-4-17-5-7-18(8-6-17)10-13-15-11(2)9-12(14-3)16-13/h9H,4-8,10H2,1-3H3,(H,14,15,16). The third-order valence-electron chi connectivity index (χ3n) is 3.43. The van der Waals surface area contributed by atoms with Gasteiger partial charge >= 0.3 is 0 Å². The van der Waals surface area contributed by atoms with Gasteiger partial charge in [0, 0.05) is 45.0 Å². The molecule has 1 aliphatic heterocycles. The van der Waals surface area contributed by atoms with Gasteiger partial charge in [0.1, 0.15) is 11.6 Å². The van der Waals surface area contributed by atoms with E-state index in [4.69, 9.17) is 0 Å². The van der Waals surface area contributed by atoms with Crippen LogP contribution in [0, 0.1) is 6.92 Å². The molecule has 0 saturated carbocycles. The van der Waals surface area contributed by atoms with Crippen molar-refractivity contribution in [2.75, 3.05) is 45.1 Å². The molecule has 1 saturated heterocycles. The molecule has 1 aliphatic rings. The summed E-state index contributed by atoms with van der Waals surface area (Å²) >= 11 is 0. The molecule has 1 fully saturated rings. The van der Waals surface area contributed by atoms with Crippen LogP contribution in [-0.2, 0) is 6.54 Å². The highest BCUT2D eigenvalue weighted by molar-refractivity contribution is 5.34. The molecule has 0 spiro atoms. The quantitative estimate of drug-likeness (QED) is 0.861. The molecule has 2 rings (SSSR count). The van der Waals surface area contributed by atoms with Gasteiger partial charge in [0.25, 0.3) is 0 Å². The Labute approximate surface area is 109 Å². The lowest BCUT2D eigenvalue weighted by molar-refractivity contribution is 0.129. The third kappa shape index (κ3) is 3.40. The number of hydrogen-bond donors (Lipinski definition) is 1. The van der Waals surface area contributed by atoms with Crippen LogP contribution < -0.4 is 5.32 Å². The van der Waals surface area contributed by atoms with Gasteiger partial charge in [0.15, 0.2) is 0 Å². The van der Waals surface area contributed by atoms with E-state index in [1.54, 1.807) is 0 Å². The van der Waals surface area contributed by atoms with E-state index in [2.05, 4.69) is 32.0 Å². The number of rotatable bonds is 4. The van der Waals surface area contributed by atoms with E-state index < -0.39 is 0 Å². The second-order valence-corrected chi connectivity index (χ2v) is 4.77. The summed E-state index contributed by atoms with van der Waals surface area (Å²) in [5.74, 6) is 1.83. The van der Waals surface area contributed by atoms with Crippen LogP contribution >= 0.6 is 0 Å². The molecular formula is C13H23N5. The number of likely N-dealkylation sites (N-methyl/N-ethyl adjacent to an activating group) is 1. The van der Waals surface area contributed by atoms with Gasteiger partial charge in [-0.2, -0.15) is 0 Å². The number of piperazine rings is 1. The van der Waals surface area contributed by atoms with Gasteiger partial charge in [-0.15, -0.1) is 0 Å². The van der Waals surface area contributed by atoms with Crippen molar-refractivity contribution >= 4 is 5.82 Å². The maximum absolute atomic E-state index is 4.51. The van der Waals surface area contributed by atoms with Crippen molar-refractivity contribution in [3.05, 3.63) is 17.6 Å². The van der Waals surface area contributed by atoms with Crippen molar-refractivity contribution in [3.8, 4) is 0 Å². The number of aryl methyl sites for hydroxylation is 1. The number of anilines is 1. The monoisotopic (exact) mass is 249 g/mol. The normalized spacial score (nSPS) is 17.9. The van der Waals surface area contributed by atoms with Crippen LogP contribution in [0.2, 0.25) is 0 Å². The summed E-state index contributed by atoms with van der Waals surface area (Å²) in [5, 5.41) is 3.08. The molecule has 0 aromatic carbocycles. The van der Waals surface area contributed by atoms with Crippen molar-refractivity contribution in [2.24, 2.45) is 0 Å². The minimum absolute atomic E-state index is 0.855. The Morgan fingerprint density at radius 2 is 1.83 bits per heavy atom. The molecule has 1 aromatic heterocycles. The highest BCUT2D eigenvalue weighted by Crippen LogP contribution is 2.09. The van der Waals surface area contributed by atoms with Crippen LogP contribution in [0.25, 0.3) is 0 Å². The summed E-state index contributed by atoms with van der Waals surface area (Å²) in [5.41, 5.74) is 1.02. The van der Waals surface area contributed by atoms with E-state index in [1.165, 1.54) is 0 Å². The summed E-state index contributed by atoms with van der Waals surface area (Å²) in [4.78, 5) is 13.9. The highest BCUT2D eigenvalue weighted by Gasteiger charge is 2.16. The average molecular weight is 249 g/mol. The summed E-state index contributed by atoms with van der Waals surface area (Å²) < 4.78 is 0. The van der Waals surface area contributed by atoms with E-state index in [0.29, 0.717) is 0 Å². The fourth-order valence-electron chi connectivity index (χ4n) is 2.29. The molecule has 1 aromatic rings. The van der Waals surface area contributed by atoms with Crippen LogP contribution in [0.5, 0.6) is 0 Å². The van der Waals surface area contributed by atoms with Gasteiger partial charge in [0.05, 0.1) is 6.54 Å². The van der Waals surface area contributed by atoms with Gasteiger partial charge < -0.3 is 10.2 Å². The average Bonchev–Trinajstić information content (AvgIpc) is 2.39. The van der Waals surface area contributed by atoms with Crippen LogP contribution in [0.4, 0.5) is 5.82 Å². The first-order valence-corrected chi connectivity index (χ1v) is 6.68. The Morgan fingerprint density at radius 3 is 2.44 bits per heavy atom. The molecule has 2 heterocycles. The van der Waals surface area contributed by atoms with Gasteiger partial charge in [-0.3, -0.25) is 4.90 Å². The number of aromatic nitrogens is 2. The molecule has 5 heteroatoms. The van der Waals surface area contributed by atoms with Gasteiger partial charge in [-0.1, -0.05) is 6.92 Å². The molecule has 0 atom stereocenters. The second kappa shape index (κ2) is 6.11. The molecule has 0 radical (unpaired) electrons. The van der Waals surface area contributed by atoms with E-state index in [0.717, 1.165) is 56.6 Å². The summed E-state index contributed by atoms with van der Waals surface area (Å²) in [6.45, 7) is 10.8. The maximum atomic E-state index is 4.51. The number of hydrogen-bond acceptors (Lipinski definition) is 5. The van der Waals surface area contributed by atoms with E-state index in [9.17, 15) is 0 Å². The van der Waals surface area contributed by atoms with E-state index in [1.807, 2.05) is 20.0 Å². The molecule has 1 N–H and O–H groups in total.